The predicted octanol–water partition coefficient (Wildman–Crippen LogP) is 2.60. The second-order valence-corrected chi connectivity index (χ2v) is 4.87. The molecule has 118 valence electrons. The van der Waals surface area contributed by atoms with E-state index in [1.807, 2.05) is 6.92 Å². The predicted molar refractivity (Wildman–Crippen MR) is 73.6 cm³/mol. The summed E-state index contributed by atoms with van der Waals surface area (Å²) >= 11 is 0. The summed E-state index contributed by atoms with van der Waals surface area (Å²) in [4.78, 5) is 15.4. The number of nitrogens with one attached hydrogen (secondary N) is 1. The van der Waals surface area contributed by atoms with Gasteiger partial charge in [0, 0.05) is 12.7 Å². The highest BCUT2D eigenvalue weighted by Crippen LogP contribution is 2.28. The van der Waals surface area contributed by atoms with Crippen LogP contribution in [0.4, 0.5) is 13.2 Å². The third-order valence-electron chi connectivity index (χ3n) is 3.15. The van der Waals surface area contributed by atoms with Gasteiger partial charge < -0.3 is 11.1 Å². The van der Waals surface area contributed by atoms with E-state index in [9.17, 15) is 18.0 Å². The topological polar surface area (TPSA) is 68.0 Å². The van der Waals surface area contributed by atoms with Crippen molar-refractivity contribution in [2.75, 3.05) is 13.1 Å². The first-order valence-electron chi connectivity index (χ1n) is 6.90. The maximum atomic E-state index is 12.4. The molecule has 0 aliphatic carbocycles. The highest BCUT2D eigenvalue weighted by molar-refractivity contribution is 5.92. The van der Waals surface area contributed by atoms with Gasteiger partial charge >= 0.3 is 6.18 Å². The van der Waals surface area contributed by atoms with Crippen LogP contribution in [0.25, 0.3) is 0 Å². The lowest BCUT2D eigenvalue weighted by Crippen LogP contribution is -2.31. The molecule has 0 saturated heterocycles. The van der Waals surface area contributed by atoms with Crippen molar-refractivity contribution in [2.24, 2.45) is 11.7 Å². The summed E-state index contributed by atoms with van der Waals surface area (Å²) in [5, 5.41) is 2.69. The molecule has 1 aromatic rings. The normalized spacial score (nSPS) is 13.0. The number of amides is 1. The maximum absolute atomic E-state index is 12.4. The Bertz CT molecular complexity index is 440. The van der Waals surface area contributed by atoms with E-state index >= 15 is 0 Å². The lowest BCUT2D eigenvalue weighted by atomic mass is 10.00. The van der Waals surface area contributed by atoms with Crippen molar-refractivity contribution in [2.45, 2.75) is 32.4 Å². The number of carbonyl (C=O) groups excluding carboxylic acids is 1. The molecule has 1 rings (SSSR count). The number of halogens is 3. The van der Waals surface area contributed by atoms with Gasteiger partial charge in [0.05, 0.1) is 5.56 Å². The van der Waals surface area contributed by atoms with Crippen molar-refractivity contribution in [3.63, 3.8) is 0 Å². The Hall–Kier alpha value is -1.63. The number of rotatable bonds is 7. The number of pyridine rings is 1. The molecule has 4 nitrogen and oxygen atoms in total. The lowest BCUT2D eigenvalue weighted by molar-refractivity contribution is -0.137. The van der Waals surface area contributed by atoms with E-state index in [0.29, 0.717) is 19.3 Å². The number of hydrogen-bond donors (Lipinski definition) is 2. The molecule has 0 fully saturated rings. The van der Waals surface area contributed by atoms with Gasteiger partial charge in [0.25, 0.3) is 5.91 Å². The van der Waals surface area contributed by atoms with Gasteiger partial charge in [0.1, 0.15) is 5.69 Å². The lowest BCUT2D eigenvalue weighted by Gasteiger charge is -2.15. The minimum Gasteiger partial charge on any atom is -0.350 e. The van der Waals surface area contributed by atoms with E-state index in [1.54, 1.807) is 0 Å². The minimum atomic E-state index is -4.45. The molecule has 1 heterocycles. The molecular formula is C14H20F3N3O. The minimum absolute atomic E-state index is 0.0222. The Morgan fingerprint density at radius 3 is 2.57 bits per heavy atom. The summed E-state index contributed by atoms with van der Waals surface area (Å²) in [5.74, 6) is -0.194. The Morgan fingerprint density at radius 2 is 2.10 bits per heavy atom. The summed E-state index contributed by atoms with van der Waals surface area (Å²) in [7, 11) is 0. The molecule has 0 aliphatic heterocycles. The molecule has 7 heteroatoms. The number of aromatic nitrogens is 1. The van der Waals surface area contributed by atoms with Gasteiger partial charge in [0.2, 0.25) is 0 Å². The zero-order valence-electron chi connectivity index (χ0n) is 11.9. The molecule has 21 heavy (non-hydrogen) atoms. The quantitative estimate of drug-likeness (QED) is 0.813. The van der Waals surface area contributed by atoms with Gasteiger partial charge in [-0.25, -0.2) is 0 Å². The third-order valence-corrected chi connectivity index (χ3v) is 3.15. The average Bonchev–Trinajstić information content (AvgIpc) is 2.44. The van der Waals surface area contributed by atoms with E-state index in [-0.39, 0.29) is 11.6 Å². The zero-order chi connectivity index (χ0) is 15.9. The van der Waals surface area contributed by atoms with Gasteiger partial charge in [-0.05, 0) is 37.4 Å². The summed E-state index contributed by atoms with van der Waals surface area (Å²) in [6.45, 7) is 3.04. The molecule has 0 spiro atoms. The van der Waals surface area contributed by atoms with Crippen LogP contribution in [-0.4, -0.2) is 24.0 Å². The van der Waals surface area contributed by atoms with E-state index in [4.69, 9.17) is 5.73 Å². The Labute approximate surface area is 121 Å². The molecule has 0 saturated carbocycles. The second-order valence-electron chi connectivity index (χ2n) is 4.87. The Kier molecular flexibility index (Phi) is 6.61. The van der Waals surface area contributed by atoms with E-state index in [1.165, 1.54) is 0 Å². The number of nitrogens with zero attached hydrogens (tertiary/aromatic N) is 1. The molecule has 1 amide bonds. The number of hydrogen-bond acceptors (Lipinski definition) is 3. The van der Waals surface area contributed by atoms with Crippen LogP contribution < -0.4 is 11.1 Å². The fourth-order valence-corrected chi connectivity index (χ4v) is 2.02. The molecule has 1 aromatic heterocycles. The maximum Gasteiger partial charge on any atom is 0.417 e. The van der Waals surface area contributed by atoms with Crippen molar-refractivity contribution >= 4 is 5.91 Å². The van der Waals surface area contributed by atoms with Crippen molar-refractivity contribution < 1.29 is 18.0 Å². The molecular weight excluding hydrogens is 283 g/mol. The van der Waals surface area contributed by atoms with Crippen LogP contribution in [0.5, 0.6) is 0 Å². The van der Waals surface area contributed by atoms with Gasteiger partial charge in [-0.1, -0.05) is 13.3 Å². The molecule has 1 atom stereocenters. The van der Waals surface area contributed by atoms with Crippen molar-refractivity contribution in [3.05, 3.63) is 29.6 Å². The smallest absolute Gasteiger partial charge is 0.350 e. The van der Waals surface area contributed by atoms with E-state index in [2.05, 4.69) is 10.3 Å². The number of alkyl halides is 3. The zero-order valence-corrected chi connectivity index (χ0v) is 11.9. The van der Waals surface area contributed by atoms with Gasteiger partial charge in [-0.3, -0.25) is 9.78 Å². The molecule has 0 aliphatic rings. The first kappa shape index (κ1) is 17.4. The largest absolute Gasteiger partial charge is 0.417 e. The standard InChI is InChI=1S/C14H20F3N3O/c1-2-3-10(6-7-18)8-20-13(21)12-5-4-11(9-19-12)14(15,16)17/h4-5,9-10H,2-3,6-8,18H2,1H3,(H,20,21). The van der Waals surface area contributed by atoms with Crippen molar-refractivity contribution in [1.82, 2.24) is 10.3 Å². The van der Waals surface area contributed by atoms with E-state index in [0.717, 1.165) is 31.4 Å². The molecule has 1 unspecified atom stereocenters. The molecule has 0 aromatic carbocycles. The van der Waals surface area contributed by atoms with Crippen molar-refractivity contribution in [1.29, 1.82) is 0 Å². The van der Waals surface area contributed by atoms with Crippen molar-refractivity contribution in [3.8, 4) is 0 Å². The van der Waals surface area contributed by atoms with Gasteiger partial charge in [-0.15, -0.1) is 0 Å². The molecule has 0 radical (unpaired) electrons. The molecule has 0 bridgehead atoms. The summed E-state index contributed by atoms with van der Waals surface area (Å²) in [6.07, 6.45) is -1.06. The van der Waals surface area contributed by atoms with Crippen LogP contribution >= 0.6 is 0 Å². The Balaban J connectivity index is 2.59. The molecule has 3 N–H and O–H groups in total. The van der Waals surface area contributed by atoms with E-state index < -0.39 is 17.6 Å². The highest BCUT2D eigenvalue weighted by atomic mass is 19.4. The van der Waals surface area contributed by atoms with Crippen LogP contribution in [-0.2, 0) is 6.18 Å². The summed E-state index contributed by atoms with van der Waals surface area (Å²) < 4.78 is 37.2. The monoisotopic (exact) mass is 303 g/mol. The highest BCUT2D eigenvalue weighted by Gasteiger charge is 2.30. The average molecular weight is 303 g/mol. The van der Waals surface area contributed by atoms with Crippen LogP contribution in [0.3, 0.4) is 0 Å². The summed E-state index contributed by atoms with van der Waals surface area (Å²) in [6, 6.07) is 1.93. The SMILES string of the molecule is CCCC(CCN)CNC(=O)c1ccc(C(F)(F)F)cn1. The van der Waals surface area contributed by atoms with Crippen LogP contribution in [0, 0.1) is 5.92 Å². The van der Waals surface area contributed by atoms with Gasteiger partial charge in [0.15, 0.2) is 0 Å². The van der Waals surface area contributed by atoms with Crippen LogP contribution in [0.2, 0.25) is 0 Å². The van der Waals surface area contributed by atoms with Gasteiger partial charge in [-0.2, -0.15) is 13.2 Å². The second kappa shape index (κ2) is 7.97. The number of nitrogens with two attached hydrogens (primary N) is 1. The first-order chi connectivity index (χ1) is 9.88. The summed E-state index contributed by atoms with van der Waals surface area (Å²) in [5.41, 5.74) is 4.61. The fourth-order valence-electron chi connectivity index (χ4n) is 2.02. The Morgan fingerprint density at radius 1 is 1.38 bits per heavy atom. The third kappa shape index (κ3) is 5.71. The number of carbonyl (C=O) groups is 1. The van der Waals surface area contributed by atoms with Crippen LogP contribution in [0.15, 0.2) is 18.3 Å². The first-order valence-corrected chi connectivity index (χ1v) is 6.90. The fraction of sp³-hybridized carbons (Fsp3) is 0.571. The van der Waals surface area contributed by atoms with Crippen LogP contribution in [0.1, 0.15) is 42.2 Å².